The summed E-state index contributed by atoms with van der Waals surface area (Å²) in [5.41, 5.74) is 0.647. The molecule has 4 rings (SSSR count). The molecular weight excluding hydrogens is 294 g/mol. The Morgan fingerprint density at radius 3 is 2.74 bits per heavy atom. The van der Waals surface area contributed by atoms with Crippen molar-refractivity contribution in [1.82, 2.24) is 14.8 Å². The van der Waals surface area contributed by atoms with Crippen molar-refractivity contribution in [3.05, 3.63) is 24.0 Å². The predicted octanol–water partition coefficient (Wildman–Crippen LogP) is 1.11. The van der Waals surface area contributed by atoms with Crippen molar-refractivity contribution in [1.29, 1.82) is 0 Å². The second-order valence-corrected chi connectivity index (χ2v) is 6.81. The van der Waals surface area contributed by atoms with Crippen LogP contribution in [0.4, 0.5) is 0 Å². The van der Waals surface area contributed by atoms with Gasteiger partial charge in [0.05, 0.1) is 17.6 Å². The van der Waals surface area contributed by atoms with Crippen molar-refractivity contribution in [2.24, 2.45) is 11.8 Å². The fourth-order valence-electron chi connectivity index (χ4n) is 4.22. The van der Waals surface area contributed by atoms with Gasteiger partial charge in [-0.15, -0.1) is 0 Å². The average Bonchev–Trinajstić information content (AvgIpc) is 3.34. The monoisotopic (exact) mass is 317 g/mol. The molecule has 0 spiro atoms. The number of ether oxygens (including phenoxy) is 1. The lowest BCUT2D eigenvalue weighted by atomic mass is 9.81. The topological polar surface area (TPSA) is 65.6 Å². The van der Waals surface area contributed by atoms with E-state index in [1.54, 1.807) is 23.4 Å². The number of carbonyl (C=O) groups is 2. The molecule has 1 aromatic rings. The van der Waals surface area contributed by atoms with Crippen LogP contribution < -0.4 is 0 Å². The first kappa shape index (κ1) is 14.8. The van der Waals surface area contributed by atoms with E-state index < -0.39 is 0 Å². The number of hydrogen-bond acceptors (Lipinski definition) is 3. The van der Waals surface area contributed by atoms with Crippen LogP contribution in [-0.2, 0) is 9.53 Å². The van der Waals surface area contributed by atoms with E-state index in [1.165, 1.54) is 0 Å². The maximum atomic E-state index is 12.9. The number of rotatable bonds is 2. The molecule has 0 aromatic carbocycles. The maximum Gasteiger partial charge on any atom is 0.255 e. The summed E-state index contributed by atoms with van der Waals surface area (Å²) in [7, 11) is 0. The van der Waals surface area contributed by atoms with Gasteiger partial charge in [0.1, 0.15) is 0 Å². The smallest absolute Gasteiger partial charge is 0.255 e. The Labute approximate surface area is 135 Å². The van der Waals surface area contributed by atoms with Crippen LogP contribution in [0.25, 0.3) is 0 Å². The first-order valence-corrected chi connectivity index (χ1v) is 8.56. The molecule has 23 heavy (non-hydrogen) atoms. The molecule has 3 atom stereocenters. The standard InChI is InChI=1S/C17H23N3O3/c21-16(12-3-5-18-9-12)20-10-14(13-4-8-23-15(13)11-20)17(22)19-6-1-2-7-19/h3,5,9,13-15,18H,1-2,4,6-8,10-11H2/t13-,14+,15+/m0/s1. The molecule has 0 radical (unpaired) electrons. The fraction of sp³-hybridized carbons (Fsp3) is 0.647. The van der Waals surface area contributed by atoms with Gasteiger partial charge in [0, 0.05) is 51.1 Å². The zero-order valence-electron chi connectivity index (χ0n) is 13.2. The van der Waals surface area contributed by atoms with Gasteiger partial charge in [-0.2, -0.15) is 0 Å². The Hall–Kier alpha value is -1.82. The van der Waals surface area contributed by atoms with Crippen LogP contribution >= 0.6 is 0 Å². The van der Waals surface area contributed by atoms with Crippen molar-refractivity contribution < 1.29 is 14.3 Å². The number of amides is 2. The summed E-state index contributed by atoms with van der Waals surface area (Å²) in [6.07, 6.45) is 6.58. The third kappa shape index (κ3) is 2.65. The largest absolute Gasteiger partial charge is 0.376 e. The Balaban J connectivity index is 1.54. The van der Waals surface area contributed by atoms with Gasteiger partial charge in [-0.3, -0.25) is 9.59 Å². The fourth-order valence-corrected chi connectivity index (χ4v) is 4.22. The van der Waals surface area contributed by atoms with Crippen LogP contribution in [0.1, 0.15) is 29.6 Å². The second-order valence-electron chi connectivity index (χ2n) is 6.81. The van der Waals surface area contributed by atoms with E-state index in [0.717, 1.165) is 32.4 Å². The van der Waals surface area contributed by atoms with E-state index in [2.05, 4.69) is 4.98 Å². The summed E-state index contributed by atoms with van der Waals surface area (Å²) in [6, 6.07) is 1.78. The minimum atomic E-state index is -0.114. The SMILES string of the molecule is O=C(c1cc[nH]c1)N1C[C@H]2OCC[C@H]2[C@H](C(=O)N2CCCC2)C1. The lowest BCUT2D eigenvalue weighted by Gasteiger charge is -2.40. The summed E-state index contributed by atoms with van der Waals surface area (Å²) >= 11 is 0. The molecule has 4 heterocycles. The summed E-state index contributed by atoms with van der Waals surface area (Å²) in [5, 5.41) is 0. The highest BCUT2D eigenvalue weighted by molar-refractivity contribution is 5.94. The van der Waals surface area contributed by atoms with Crippen molar-refractivity contribution in [2.75, 3.05) is 32.8 Å². The Kier molecular flexibility index (Phi) is 3.85. The van der Waals surface area contributed by atoms with E-state index in [0.29, 0.717) is 25.3 Å². The van der Waals surface area contributed by atoms with Crippen LogP contribution in [-0.4, -0.2) is 65.5 Å². The van der Waals surface area contributed by atoms with Crippen LogP contribution in [0, 0.1) is 11.8 Å². The van der Waals surface area contributed by atoms with Crippen molar-refractivity contribution >= 4 is 11.8 Å². The number of piperidine rings is 1. The highest BCUT2D eigenvalue weighted by atomic mass is 16.5. The zero-order chi connectivity index (χ0) is 15.8. The van der Waals surface area contributed by atoms with Crippen LogP contribution in [0.2, 0.25) is 0 Å². The van der Waals surface area contributed by atoms with Crippen LogP contribution in [0.15, 0.2) is 18.5 Å². The van der Waals surface area contributed by atoms with E-state index in [-0.39, 0.29) is 29.8 Å². The molecule has 3 saturated heterocycles. The van der Waals surface area contributed by atoms with Crippen LogP contribution in [0.3, 0.4) is 0 Å². The van der Waals surface area contributed by atoms with Gasteiger partial charge in [0.2, 0.25) is 5.91 Å². The van der Waals surface area contributed by atoms with E-state index in [4.69, 9.17) is 4.74 Å². The molecule has 6 heteroatoms. The quantitative estimate of drug-likeness (QED) is 0.889. The highest BCUT2D eigenvalue weighted by Gasteiger charge is 2.46. The van der Waals surface area contributed by atoms with E-state index in [1.807, 2.05) is 4.90 Å². The van der Waals surface area contributed by atoms with Crippen molar-refractivity contribution in [3.8, 4) is 0 Å². The molecule has 1 aromatic heterocycles. The van der Waals surface area contributed by atoms with Gasteiger partial charge in [0.15, 0.2) is 0 Å². The first-order valence-electron chi connectivity index (χ1n) is 8.56. The number of aromatic amines is 1. The third-order valence-electron chi connectivity index (χ3n) is 5.46. The lowest BCUT2D eigenvalue weighted by molar-refractivity contribution is -0.139. The zero-order valence-corrected chi connectivity index (χ0v) is 13.2. The first-order chi connectivity index (χ1) is 11.2. The van der Waals surface area contributed by atoms with Gasteiger partial charge >= 0.3 is 0 Å². The lowest BCUT2D eigenvalue weighted by Crippen LogP contribution is -2.54. The predicted molar refractivity (Wildman–Crippen MR) is 83.8 cm³/mol. The van der Waals surface area contributed by atoms with E-state index >= 15 is 0 Å². The highest BCUT2D eigenvalue weighted by Crippen LogP contribution is 2.35. The number of likely N-dealkylation sites (tertiary alicyclic amines) is 2. The summed E-state index contributed by atoms with van der Waals surface area (Å²) in [6.45, 7) is 3.53. The van der Waals surface area contributed by atoms with Crippen molar-refractivity contribution in [2.45, 2.75) is 25.4 Å². The Morgan fingerprint density at radius 1 is 1.17 bits per heavy atom. The molecule has 0 saturated carbocycles. The third-order valence-corrected chi connectivity index (χ3v) is 5.46. The Bertz CT molecular complexity index is 580. The normalized spacial score (nSPS) is 30.5. The number of nitrogens with zero attached hydrogens (tertiary/aromatic N) is 2. The summed E-state index contributed by atoms with van der Waals surface area (Å²) in [4.78, 5) is 32.3. The van der Waals surface area contributed by atoms with Gasteiger partial charge in [-0.05, 0) is 25.3 Å². The molecule has 0 unspecified atom stereocenters. The van der Waals surface area contributed by atoms with E-state index in [9.17, 15) is 9.59 Å². The number of fused-ring (bicyclic) bond motifs is 1. The molecule has 0 aliphatic carbocycles. The minimum absolute atomic E-state index is 0.00296. The molecule has 1 N–H and O–H groups in total. The second kappa shape index (κ2) is 6.00. The van der Waals surface area contributed by atoms with Crippen molar-refractivity contribution in [3.63, 3.8) is 0 Å². The van der Waals surface area contributed by atoms with Gasteiger partial charge < -0.3 is 19.5 Å². The molecular formula is C17H23N3O3. The molecule has 3 aliphatic rings. The number of aromatic nitrogens is 1. The molecule has 124 valence electrons. The van der Waals surface area contributed by atoms with Gasteiger partial charge in [0.25, 0.3) is 5.91 Å². The minimum Gasteiger partial charge on any atom is -0.376 e. The molecule has 2 amide bonds. The summed E-state index contributed by atoms with van der Waals surface area (Å²) in [5.74, 6) is 0.351. The number of nitrogens with one attached hydrogen (secondary N) is 1. The van der Waals surface area contributed by atoms with Gasteiger partial charge in [-0.25, -0.2) is 0 Å². The molecule has 0 bridgehead atoms. The van der Waals surface area contributed by atoms with Gasteiger partial charge in [-0.1, -0.05) is 0 Å². The number of carbonyl (C=O) groups excluding carboxylic acids is 2. The molecule has 3 aliphatic heterocycles. The number of H-pyrrole nitrogens is 1. The molecule has 3 fully saturated rings. The average molecular weight is 317 g/mol. The number of hydrogen-bond donors (Lipinski definition) is 1. The molecule has 6 nitrogen and oxygen atoms in total. The maximum absolute atomic E-state index is 12.9. The Morgan fingerprint density at radius 2 is 2.00 bits per heavy atom. The summed E-state index contributed by atoms with van der Waals surface area (Å²) < 4.78 is 5.83. The van der Waals surface area contributed by atoms with Crippen LogP contribution in [0.5, 0.6) is 0 Å².